The van der Waals surface area contributed by atoms with E-state index < -0.39 is 34.4 Å². The minimum Gasteiger partial charge on any atom is -0.481 e. The van der Waals surface area contributed by atoms with Crippen LogP contribution in [-0.2, 0) is 9.59 Å². The van der Waals surface area contributed by atoms with Crippen molar-refractivity contribution in [3.8, 4) is 0 Å². The lowest BCUT2D eigenvalue weighted by Gasteiger charge is -2.72. The molecular formula is C30H46O5. The van der Waals surface area contributed by atoms with Crippen molar-refractivity contribution in [2.24, 2.45) is 50.7 Å². The maximum Gasteiger partial charge on any atom is 0.310 e. The Bertz CT molecular complexity index is 995. The summed E-state index contributed by atoms with van der Waals surface area (Å²) in [5.41, 5.74) is -2.15. The first-order chi connectivity index (χ1) is 16.0. The lowest BCUT2D eigenvalue weighted by molar-refractivity contribution is -0.228. The van der Waals surface area contributed by atoms with Gasteiger partial charge in [-0.25, -0.2) is 0 Å². The number of aliphatic hydroxyl groups excluding tert-OH is 1. The van der Waals surface area contributed by atoms with Gasteiger partial charge in [-0.2, -0.15) is 0 Å². The molecule has 0 aromatic rings. The van der Waals surface area contributed by atoms with Crippen molar-refractivity contribution in [2.45, 2.75) is 112 Å². The number of hydrogen-bond acceptors (Lipinski definition) is 4. The number of rotatable bonds is 1. The van der Waals surface area contributed by atoms with Crippen LogP contribution in [0.1, 0.15) is 99.8 Å². The molecule has 5 heteroatoms. The molecule has 5 nitrogen and oxygen atoms in total. The average molecular weight is 487 g/mol. The second-order valence-corrected chi connectivity index (χ2v) is 14.7. The van der Waals surface area contributed by atoms with E-state index in [2.05, 4.69) is 33.8 Å². The van der Waals surface area contributed by atoms with Gasteiger partial charge in [0, 0.05) is 23.7 Å². The predicted octanol–water partition coefficient (Wildman–Crippen LogP) is 5.38. The zero-order valence-electron chi connectivity index (χ0n) is 22.8. The van der Waals surface area contributed by atoms with Crippen LogP contribution >= 0.6 is 0 Å². The zero-order chi connectivity index (χ0) is 26.0. The molecule has 4 fully saturated rings. The van der Waals surface area contributed by atoms with Crippen molar-refractivity contribution < 1.29 is 24.9 Å². The number of carboxylic acids is 1. The summed E-state index contributed by atoms with van der Waals surface area (Å²) in [6, 6.07) is 0. The molecule has 0 aromatic heterocycles. The van der Waals surface area contributed by atoms with Gasteiger partial charge in [-0.3, -0.25) is 9.59 Å². The van der Waals surface area contributed by atoms with Crippen LogP contribution in [-0.4, -0.2) is 38.8 Å². The van der Waals surface area contributed by atoms with E-state index >= 15 is 0 Å². The molecule has 0 saturated heterocycles. The lowest BCUT2D eigenvalue weighted by atomic mass is 9.32. The standard InChI is InChI=1S/C30H46O5/c1-17-10-13-30(24(33)34)15-14-27(5)18(22(30)29(17,7)35)8-9-20-26(4)12-11-21(32)25(2,3)23(26)19(31)16-28(20,27)6/h8,17,19-20,22-23,31,35H,9-16H2,1-7H3,(H,33,34)/t17-,19-,20-,22+,23-,26-,27-,28-,29-,30+/m1/s1. The lowest BCUT2D eigenvalue weighted by Crippen LogP contribution is -2.69. The molecule has 0 unspecified atom stereocenters. The minimum atomic E-state index is -1.09. The number of aliphatic hydroxyl groups is 2. The highest BCUT2D eigenvalue weighted by Gasteiger charge is 2.72. The molecule has 0 bridgehead atoms. The predicted molar refractivity (Wildman–Crippen MR) is 134 cm³/mol. The van der Waals surface area contributed by atoms with Gasteiger partial charge in [0.1, 0.15) is 5.78 Å². The number of fused-ring (bicyclic) bond motifs is 7. The minimum absolute atomic E-state index is 0.0257. The van der Waals surface area contributed by atoms with Crippen LogP contribution < -0.4 is 0 Å². The molecule has 0 amide bonds. The first-order valence-corrected chi connectivity index (χ1v) is 13.9. The molecule has 10 atom stereocenters. The van der Waals surface area contributed by atoms with E-state index in [0.29, 0.717) is 31.6 Å². The molecular weight excluding hydrogens is 440 g/mol. The highest BCUT2D eigenvalue weighted by atomic mass is 16.4. The quantitative estimate of drug-likeness (QED) is 0.432. The SMILES string of the molecule is C[C@@H]1CC[C@]2(C(=O)O)CC[C@]3(C)C(=CC[C@@H]4[C@@]5(C)CCC(=O)C(C)(C)[C@H]5[C@H](O)C[C@]43C)[C@H]2[C@]1(C)O. The Hall–Kier alpha value is -1.20. The fourth-order valence-corrected chi connectivity index (χ4v) is 10.8. The van der Waals surface area contributed by atoms with E-state index in [1.165, 1.54) is 0 Å². The molecule has 0 aromatic carbocycles. The van der Waals surface area contributed by atoms with Crippen molar-refractivity contribution in [3.05, 3.63) is 11.6 Å². The van der Waals surface area contributed by atoms with Crippen molar-refractivity contribution in [2.75, 3.05) is 0 Å². The maximum atomic E-state index is 12.9. The summed E-state index contributed by atoms with van der Waals surface area (Å²) in [6.45, 7) is 14.9. The number of hydrogen-bond donors (Lipinski definition) is 3. The molecule has 35 heavy (non-hydrogen) atoms. The molecule has 0 spiro atoms. The van der Waals surface area contributed by atoms with Gasteiger partial charge in [0.15, 0.2) is 0 Å². The van der Waals surface area contributed by atoms with Crippen LogP contribution in [0.5, 0.6) is 0 Å². The Morgan fingerprint density at radius 1 is 1.03 bits per heavy atom. The summed E-state index contributed by atoms with van der Waals surface area (Å²) in [7, 11) is 0. The smallest absolute Gasteiger partial charge is 0.310 e. The molecule has 0 radical (unpaired) electrons. The van der Waals surface area contributed by atoms with E-state index in [-0.39, 0.29) is 33.9 Å². The second kappa shape index (κ2) is 7.22. The first-order valence-electron chi connectivity index (χ1n) is 13.9. The third-order valence-corrected chi connectivity index (χ3v) is 13.1. The molecule has 0 heterocycles. The summed E-state index contributed by atoms with van der Waals surface area (Å²) in [4.78, 5) is 25.8. The van der Waals surface area contributed by atoms with Crippen LogP contribution in [0.2, 0.25) is 0 Å². The number of carbonyl (C=O) groups is 2. The Morgan fingerprint density at radius 3 is 2.31 bits per heavy atom. The number of aliphatic carboxylic acids is 1. The number of allylic oxidation sites excluding steroid dienone is 1. The second-order valence-electron chi connectivity index (χ2n) is 14.7. The molecule has 5 aliphatic rings. The van der Waals surface area contributed by atoms with Crippen molar-refractivity contribution in [1.29, 1.82) is 0 Å². The summed E-state index contributed by atoms with van der Waals surface area (Å²) in [5, 5.41) is 34.1. The Kier molecular flexibility index (Phi) is 5.25. The van der Waals surface area contributed by atoms with Crippen LogP contribution in [0, 0.1) is 50.7 Å². The van der Waals surface area contributed by atoms with Gasteiger partial charge in [0.2, 0.25) is 0 Å². The van der Waals surface area contributed by atoms with Crippen LogP contribution in [0.4, 0.5) is 0 Å². The van der Waals surface area contributed by atoms with E-state index in [4.69, 9.17) is 0 Å². The maximum absolute atomic E-state index is 12.9. The van der Waals surface area contributed by atoms with Crippen molar-refractivity contribution in [1.82, 2.24) is 0 Å². The van der Waals surface area contributed by atoms with Gasteiger partial charge >= 0.3 is 5.97 Å². The van der Waals surface area contributed by atoms with Gasteiger partial charge in [-0.15, -0.1) is 0 Å². The highest BCUT2D eigenvalue weighted by Crippen LogP contribution is 2.75. The van der Waals surface area contributed by atoms with Crippen LogP contribution in [0.25, 0.3) is 0 Å². The van der Waals surface area contributed by atoms with Gasteiger partial charge in [0.25, 0.3) is 0 Å². The van der Waals surface area contributed by atoms with E-state index in [0.717, 1.165) is 31.3 Å². The van der Waals surface area contributed by atoms with E-state index in [1.807, 2.05) is 20.8 Å². The molecule has 5 aliphatic carbocycles. The highest BCUT2D eigenvalue weighted by molar-refractivity contribution is 5.85. The topological polar surface area (TPSA) is 94.8 Å². The Morgan fingerprint density at radius 2 is 1.69 bits per heavy atom. The van der Waals surface area contributed by atoms with E-state index in [9.17, 15) is 24.9 Å². The van der Waals surface area contributed by atoms with Crippen LogP contribution in [0.15, 0.2) is 11.6 Å². The summed E-state index contributed by atoms with van der Waals surface area (Å²) >= 11 is 0. The Labute approximate surface area is 210 Å². The first kappa shape index (κ1) is 25.4. The molecule has 4 saturated carbocycles. The van der Waals surface area contributed by atoms with Crippen LogP contribution in [0.3, 0.4) is 0 Å². The summed E-state index contributed by atoms with van der Waals surface area (Å²) < 4.78 is 0. The molecule has 196 valence electrons. The largest absolute Gasteiger partial charge is 0.481 e. The third kappa shape index (κ3) is 2.83. The fraction of sp³-hybridized carbons (Fsp3) is 0.867. The number of Topliss-reactive ketones (excluding diaryl/α,β-unsaturated/α-hetero) is 1. The number of carboxylic acid groups (broad SMARTS) is 1. The number of ketones is 1. The van der Waals surface area contributed by atoms with Gasteiger partial charge < -0.3 is 15.3 Å². The van der Waals surface area contributed by atoms with Crippen molar-refractivity contribution in [3.63, 3.8) is 0 Å². The molecule has 3 N–H and O–H groups in total. The third-order valence-electron chi connectivity index (χ3n) is 13.1. The van der Waals surface area contributed by atoms with E-state index in [1.54, 1.807) is 0 Å². The summed E-state index contributed by atoms with van der Waals surface area (Å²) in [6.07, 6.45) is 7.18. The number of carbonyl (C=O) groups excluding carboxylic acids is 1. The molecule has 5 rings (SSSR count). The van der Waals surface area contributed by atoms with Crippen molar-refractivity contribution >= 4 is 11.8 Å². The van der Waals surface area contributed by atoms with Gasteiger partial charge in [0.05, 0.1) is 17.1 Å². The van der Waals surface area contributed by atoms with Gasteiger partial charge in [-0.05, 0) is 80.0 Å². The normalized spacial score (nSPS) is 55.1. The summed E-state index contributed by atoms with van der Waals surface area (Å²) in [5.74, 6) is -0.678. The van der Waals surface area contributed by atoms with Gasteiger partial charge in [-0.1, -0.05) is 53.2 Å². The monoisotopic (exact) mass is 486 g/mol. The zero-order valence-corrected chi connectivity index (χ0v) is 22.8. The molecule has 0 aliphatic heterocycles. The Balaban J connectivity index is 1.67. The fourth-order valence-electron chi connectivity index (χ4n) is 10.8. The average Bonchev–Trinajstić information content (AvgIpc) is 2.74.